The number of benzene rings is 3. The molecule has 202 valence electrons. The lowest BCUT2D eigenvalue weighted by molar-refractivity contribution is -0.139. The third kappa shape index (κ3) is 7.36. The maximum atomic E-state index is 13.8. The van der Waals surface area contributed by atoms with Gasteiger partial charge in [-0.25, -0.2) is 8.42 Å². The summed E-state index contributed by atoms with van der Waals surface area (Å²) < 4.78 is 28.6. The Morgan fingerprint density at radius 2 is 1.37 bits per heavy atom. The molecule has 0 aliphatic heterocycles. The van der Waals surface area contributed by atoms with E-state index in [0.717, 1.165) is 21.0 Å². The summed E-state index contributed by atoms with van der Waals surface area (Å²) in [7, 11) is -4.11. The summed E-state index contributed by atoms with van der Waals surface area (Å²) in [6.07, 6.45) is 0. The van der Waals surface area contributed by atoms with Crippen LogP contribution in [0.4, 0.5) is 5.69 Å². The number of aryl methyl sites for hydroxylation is 2. The largest absolute Gasteiger partial charge is 0.352 e. The van der Waals surface area contributed by atoms with Gasteiger partial charge in [0.1, 0.15) is 12.6 Å². The van der Waals surface area contributed by atoms with Crippen LogP contribution in [-0.2, 0) is 26.2 Å². The van der Waals surface area contributed by atoms with Crippen LogP contribution in [0.3, 0.4) is 0 Å². The second-order valence-corrected chi connectivity index (χ2v) is 11.9. The summed E-state index contributed by atoms with van der Waals surface area (Å²) in [6.45, 7) is 8.80. The predicted octanol–water partition coefficient (Wildman–Crippen LogP) is 5.09. The van der Waals surface area contributed by atoms with Crippen molar-refractivity contribution in [3.8, 4) is 0 Å². The van der Waals surface area contributed by atoms with Crippen molar-refractivity contribution in [3.05, 3.63) is 94.5 Å². The van der Waals surface area contributed by atoms with E-state index >= 15 is 0 Å². The average molecular weight is 556 g/mol. The van der Waals surface area contributed by atoms with Crippen molar-refractivity contribution >= 4 is 39.1 Å². The molecule has 3 aromatic rings. The maximum absolute atomic E-state index is 13.8. The summed E-state index contributed by atoms with van der Waals surface area (Å²) in [5.41, 5.74) is 3.09. The van der Waals surface area contributed by atoms with Gasteiger partial charge in [-0.1, -0.05) is 59.1 Å². The zero-order valence-electron chi connectivity index (χ0n) is 22.3. The molecular formula is C29H34ClN3O4S. The van der Waals surface area contributed by atoms with Gasteiger partial charge in [-0.05, 0) is 76.6 Å². The highest BCUT2D eigenvalue weighted by Crippen LogP contribution is 2.26. The molecule has 1 N–H and O–H groups in total. The number of anilines is 1. The summed E-state index contributed by atoms with van der Waals surface area (Å²) in [5.74, 6) is -0.831. The Kier molecular flexibility index (Phi) is 9.57. The van der Waals surface area contributed by atoms with Crippen molar-refractivity contribution in [2.24, 2.45) is 0 Å². The van der Waals surface area contributed by atoms with E-state index < -0.39 is 28.5 Å². The number of hydrogen-bond donors (Lipinski definition) is 1. The summed E-state index contributed by atoms with van der Waals surface area (Å²) in [4.78, 5) is 28.2. The van der Waals surface area contributed by atoms with Gasteiger partial charge in [0.25, 0.3) is 10.0 Å². The van der Waals surface area contributed by atoms with Crippen LogP contribution in [0.5, 0.6) is 0 Å². The first-order valence-corrected chi connectivity index (χ1v) is 14.2. The lowest BCUT2D eigenvalue weighted by Crippen LogP contribution is -2.52. The first-order chi connectivity index (χ1) is 17.9. The van der Waals surface area contributed by atoms with Gasteiger partial charge < -0.3 is 10.2 Å². The van der Waals surface area contributed by atoms with Gasteiger partial charge >= 0.3 is 0 Å². The molecule has 0 fully saturated rings. The first-order valence-electron chi connectivity index (χ1n) is 12.4. The van der Waals surface area contributed by atoms with Gasteiger partial charge in [-0.3, -0.25) is 13.9 Å². The zero-order chi connectivity index (χ0) is 28.0. The summed E-state index contributed by atoms with van der Waals surface area (Å²) in [6, 6.07) is 19.4. The van der Waals surface area contributed by atoms with Gasteiger partial charge in [-0.2, -0.15) is 0 Å². The van der Waals surface area contributed by atoms with Crippen molar-refractivity contribution in [2.45, 2.75) is 58.1 Å². The number of carbonyl (C=O) groups excluding carboxylic acids is 2. The van der Waals surface area contributed by atoms with Crippen LogP contribution >= 0.6 is 11.6 Å². The molecule has 0 aliphatic carbocycles. The molecule has 38 heavy (non-hydrogen) atoms. The van der Waals surface area contributed by atoms with E-state index in [1.165, 1.54) is 17.0 Å². The standard InChI is InChI=1S/C29H34ClN3O4S/c1-20(2)31-29(35)23(5)32(18-24-10-6-21(3)7-11-24)28(34)19-33(26-14-12-25(30)13-15-26)38(36,37)27-16-8-22(4)9-17-27/h6-17,20,23H,18-19H2,1-5H3,(H,31,35)/t23-/m1/s1. The fourth-order valence-corrected chi connectivity index (χ4v) is 5.39. The molecular weight excluding hydrogens is 522 g/mol. The van der Waals surface area contributed by atoms with Gasteiger partial charge in [0, 0.05) is 17.6 Å². The van der Waals surface area contributed by atoms with Crippen LogP contribution in [0.1, 0.15) is 37.5 Å². The number of sulfonamides is 1. The van der Waals surface area contributed by atoms with Crippen LogP contribution in [0, 0.1) is 13.8 Å². The number of nitrogens with one attached hydrogen (secondary N) is 1. The Morgan fingerprint density at radius 3 is 1.89 bits per heavy atom. The monoisotopic (exact) mass is 555 g/mol. The highest BCUT2D eigenvalue weighted by molar-refractivity contribution is 7.92. The van der Waals surface area contributed by atoms with E-state index in [-0.39, 0.29) is 29.1 Å². The number of carbonyl (C=O) groups is 2. The van der Waals surface area contributed by atoms with E-state index in [4.69, 9.17) is 11.6 Å². The van der Waals surface area contributed by atoms with Crippen LogP contribution in [0.2, 0.25) is 5.02 Å². The Hall–Kier alpha value is -3.36. The Labute approximate surface area is 230 Å². The van der Waals surface area contributed by atoms with Crippen LogP contribution in [0.25, 0.3) is 0 Å². The Morgan fingerprint density at radius 1 is 0.842 bits per heavy atom. The fraction of sp³-hybridized carbons (Fsp3) is 0.310. The van der Waals surface area contributed by atoms with Gasteiger partial charge in [0.15, 0.2) is 0 Å². The van der Waals surface area contributed by atoms with E-state index in [1.54, 1.807) is 43.3 Å². The van der Waals surface area contributed by atoms with E-state index in [2.05, 4.69) is 5.32 Å². The van der Waals surface area contributed by atoms with Gasteiger partial charge in [-0.15, -0.1) is 0 Å². The quantitative estimate of drug-likeness (QED) is 0.377. The number of nitrogens with zero attached hydrogens (tertiary/aromatic N) is 2. The van der Waals surface area contributed by atoms with Crippen molar-refractivity contribution in [1.82, 2.24) is 10.2 Å². The van der Waals surface area contributed by atoms with Crippen LogP contribution < -0.4 is 9.62 Å². The Bertz CT molecular complexity index is 1360. The molecule has 1 atom stereocenters. The molecule has 2 amide bonds. The second kappa shape index (κ2) is 12.5. The van der Waals surface area contributed by atoms with E-state index in [0.29, 0.717) is 5.02 Å². The van der Waals surface area contributed by atoms with Crippen LogP contribution in [0.15, 0.2) is 77.7 Å². The molecule has 0 spiro atoms. The molecule has 0 unspecified atom stereocenters. The fourth-order valence-electron chi connectivity index (χ4n) is 3.85. The minimum absolute atomic E-state index is 0.0570. The molecule has 0 aliphatic rings. The highest BCUT2D eigenvalue weighted by Gasteiger charge is 2.32. The third-order valence-electron chi connectivity index (χ3n) is 6.07. The molecule has 3 rings (SSSR count). The third-order valence-corrected chi connectivity index (χ3v) is 8.11. The average Bonchev–Trinajstić information content (AvgIpc) is 2.87. The second-order valence-electron chi connectivity index (χ2n) is 9.65. The van der Waals surface area contributed by atoms with Crippen molar-refractivity contribution in [3.63, 3.8) is 0 Å². The smallest absolute Gasteiger partial charge is 0.264 e. The normalized spacial score (nSPS) is 12.2. The number of hydrogen-bond acceptors (Lipinski definition) is 4. The molecule has 3 aromatic carbocycles. The predicted molar refractivity (Wildman–Crippen MR) is 152 cm³/mol. The number of rotatable bonds is 10. The molecule has 0 saturated heterocycles. The lowest BCUT2D eigenvalue weighted by atomic mass is 10.1. The van der Waals surface area contributed by atoms with Gasteiger partial charge in [0.05, 0.1) is 10.6 Å². The molecule has 0 aromatic heterocycles. The molecule has 0 radical (unpaired) electrons. The first kappa shape index (κ1) is 29.2. The van der Waals surface area contributed by atoms with Crippen molar-refractivity contribution < 1.29 is 18.0 Å². The Balaban J connectivity index is 2.02. The summed E-state index contributed by atoms with van der Waals surface area (Å²) >= 11 is 6.05. The lowest BCUT2D eigenvalue weighted by Gasteiger charge is -2.32. The van der Waals surface area contributed by atoms with Gasteiger partial charge in [0.2, 0.25) is 11.8 Å². The molecule has 7 nitrogen and oxygen atoms in total. The number of halogens is 1. The minimum atomic E-state index is -4.11. The maximum Gasteiger partial charge on any atom is 0.264 e. The highest BCUT2D eigenvalue weighted by atomic mass is 35.5. The van der Waals surface area contributed by atoms with Crippen LogP contribution in [-0.4, -0.2) is 43.8 Å². The molecule has 0 heterocycles. The minimum Gasteiger partial charge on any atom is -0.352 e. The van der Waals surface area contributed by atoms with Crippen molar-refractivity contribution in [1.29, 1.82) is 0 Å². The molecule has 0 bridgehead atoms. The number of amides is 2. The summed E-state index contributed by atoms with van der Waals surface area (Å²) in [5, 5.41) is 3.28. The van der Waals surface area contributed by atoms with E-state index in [1.807, 2.05) is 52.0 Å². The molecule has 9 heteroatoms. The zero-order valence-corrected chi connectivity index (χ0v) is 23.9. The van der Waals surface area contributed by atoms with E-state index in [9.17, 15) is 18.0 Å². The molecule has 0 saturated carbocycles. The van der Waals surface area contributed by atoms with Crippen molar-refractivity contribution in [2.75, 3.05) is 10.8 Å². The topological polar surface area (TPSA) is 86.8 Å². The SMILES string of the molecule is Cc1ccc(CN(C(=O)CN(c2ccc(Cl)cc2)S(=O)(=O)c2ccc(C)cc2)[C@H](C)C(=O)NC(C)C)cc1.